The molecule has 1 heterocycles. The number of urea groups is 1. The van der Waals surface area contributed by atoms with Crippen LogP contribution in [0.15, 0.2) is 24.3 Å². The molecular weight excluding hydrogens is 310 g/mol. The van der Waals surface area contributed by atoms with Gasteiger partial charge in [0.15, 0.2) is 0 Å². The summed E-state index contributed by atoms with van der Waals surface area (Å²) in [5.74, 6) is -0.583. The molecule has 0 saturated carbocycles. The maximum atomic E-state index is 12.6. The normalized spacial score (nSPS) is 17.3. The lowest BCUT2D eigenvalue weighted by Gasteiger charge is -2.32. The quantitative estimate of drug-likeness (QED) is 0.733. The zero-order valence-corrected chi connectivity index (χ0v) is 13.5. The second-order valence-electron chi connectivity index (χ2n) is 6.11. The minimum atomic E-state index is -0.793. The van der Waals surface area contributed by atoms with Crippen LogP contribution in [0.2, 0.25) is 0 Å². The summed E-state index contributed by atoms with van der Waals surface area (Å²) in [6, 6.07) is 6.46. The van der Waals surface area contributed by atoms with Gasteiger partial charge in [0.2, 0.25) is 0 Å². The lowest BCUT2D eigenvalue weighted by atomic mass is 9.93. The van der Waals surface area contributed by atoms with E-state index in [-0.39, 0.29) is 18.2 Å². The highest BCUT2D eigenvalue weighted by Crippen LogP contribution is 2.22. The molecule has 3 amide bonds. The monoisotopic (exact) mass is 333 g/mol. The molecule has 0 bridgehead atoms. The third kappa shape index (κ3) is 5.26. The molecule has 7 nitrogen and oxygen atoms in total. The highest BCUT2D eigenvalue weighted by Gasteiger charge is 2.24. The van der Waals surface area contributed by atoms with E-state index < -0.39 is 12.0 Å². The van der Waals surface area contributed by atoms with Crippen molar-refractivity contribution in [1.82, 2.24) is 10.2 Å². The summed E-state index contributed by atoms with van der Waals surface area (Å²) in [6.07, 6.45) is 2.62. The number of primary amides is 1. The van der Waals surface area contributed by atoms with Gasteiger partial charge in [0.05, 0.1) is 0 Å². The first-order valence-corrected chi connectivity index (χ1v) is 8.09. The van der Waals surface area contributed by atoms with E-state index in [9.17, 15) is 14.4 Å². The van der Waals surface area contributed by atoms with Crippen LogP contribution in [-0.2, 0) is 11.3 Å². The number of nitrogens with two attached hydrogens (primary N) is 1. The third-order valence-electron chi connectivity index (χ3n) is 4.24. The van der Waals surface area contributed by atoms with Crippen LogP contribution in [0.1, 0.15) is 41.6 Å². The summed E-state index contributed by atoms with van der Waals surface area (Å²) in [5, 5.41) is 11.3. The van der Waals surface area contributed by atoms with Gasteiger partial charge in [0, 0.05) is 31.6 Å². The molecule has 1 aliphatic rings. The fourth-order valence-electron chi connectivity index (χ4n) is 2.95. The van der Waals surface area contributed by atoms with Crippen molar-refractivity contribution in [1.29, 1.82) is 0 Å². The Morgan fingerprint density at radius 2 is 1.96 bits per heavy atom. The highest BCUT2D eigenvalue weighted by atomic mass is 16.4. The number of hydrogen-bond acceptors (Lipinski definition) is 3. The molecule has 1 fully saturated rings. The van der Waals surface area contributed by atoms with Gasteiger partial charge in [0.25, 0.3) is 5.91 Å². The van der Waals surface area contributed by atoms with Gasteiger partial charge in [-0.2, -0.15) is 0 Å². The van der Waals surface area contributed by atoms with E-state index in [4.69, 9.17) is 10.8 Å². The maximum absolute atomic E-state index is 12.6. The van der Waals surface area contributed by atoms with Crippen LogP contribution in [0, 0.1) is 5.92 Å². The minimum Gasteiger partial charge on any atom is -0.481 e. The van der Waals surface area contributed by atoms with E-state index in [1.54, 1.807) is 29.2 Å². The Balaban J connectivity index is 1.92. The second kappa shape index (κ2) is 8.33. The molecule has 0 radical (unpaired) electrons. The minimum absolute atomic E-state index is 0.0376. The Labute approximate surface area is 140 Å². The van der Waals surface area contributed by atoms with Crippen molar-refractivity contribution in [2.45, 2.75) is 32.2 Å². The topological polar surface area (TPSA) is 113 Å². The zero-order chi connectivity index (χ0) is 17.5. The standard InChI is InChI=1S/C17H23N3O4/c18-17(24)19-10-12-3-6-14(7-4-12)16(23)20-9-1-2-13(11-20)5-8-15(21)22/h3-4,6-7,13H,1-2,5,8-11H2,(H,21,22)(H3,18,19,24)/t13-/m1/s1. The molecule has 0 aromatic heterocycles. The van der Waals surface area contributed by atoms with E-state index in [1.807, 2.05) is 0 Å². The average Bonchev–Trinajstić information content (AvgIpc) is 2.58. The Morgan fingerprint density at radius 1 is 1.25 bits per heavy atom. The molecule has 0 spiro atoms. The van der Waals surface area contributed by atoms with Gasteiger partial charge in [0.1, 0.15) is 0 Å². The largest absolute Gasteiger partial charge is 0.481 e. The molecule has 0 aliphatic carbocycles. The number of likely N-dealkylation sites (tertiary alicyclic amines) is 1. The van der Waals surface area contributed by atoms with Crippen LogP contribution in [0.4, 0.5) is 4.79 Å². The molecule has 1 aromatic rings. The first kappa shape index (κ1) is 17.8. The summed E-state index contributed by atoms with van der Waals surface area (Å²) < 4.78 is 0. The predicted molar refractivity (Wildman–Crippen MR) is 88.4 cm³/mol. The van der Waals surface area contributed by atoms with Gasteiger partial charge < -0.3 is 21.1 Å². The Morgan fingerprint density at radius 3 is 2.58 bits per heavy atom. The number of aliphatic carboxylic acids is 1. The fraction of sp³-hybridized carbons (Fsp3) is 0.471. The van der Waals surface area contributed by atoms with E-state index in [0.29, 0.717) is 31.6 Å². The number of piperidine rings is 1. The number of carbonyl (C=O) groups excluding carboxylic acids is 2. The molecule has 0 unspecified atom stereocenters. The number of carboxylic acid groups (broad SMARTS) is 1. The number of nitrogens with zero attached hydrogens (tertiary/aromatic N) is 1. The molecule has 1 aliphatic heterocycles. The maximum Gasteiger partial charge on any atom is 0.312 e. The molecular formula is C17H23N3O4. The number of amides is 3. The van der Waals surface area contributed by atoms with Crippen molar-refractivity contribution in [3.63, 3.8) is 0 Å². The van der Waals surface area contributed by atoms with Crippen molar-refractivity contribution >= 4 is 17.9 Å². The van der Waals surface area contributed by atoms with Crippen molar-refractivity contribution in [2.75, 3.05) is 13.1 Å². The first-order chi connectivity index (χ1) is 11.5. The SMILES string of the molecule is NC(=O)NCc1ccc(C(=O)N2CCC[C@H](CCC(=O)O)C2)cc1. The summed E-state index contributed by atoms with van der Waals surface area (Å²) in [7, 11) is 0. The lowest BCUT2D eigenvalue weighted by molar-refractivity contribution is -0.137. The average molecular weight is 333 g/mol. The van der Waals surface area contributed by atoms with Gasteiger partial charge >= 0.3 is 12.0 Å². The number of carbonyl (C=O) groups is 3. The number of rotatable bonds is 6. The number of nitrogens with one attached hydrogen (secondary N) is 1. The van der Waals surface area contributed by atoms with Gasteiger partial charge in [-0.15, -0.1) is 0 Å². The van der Waals surface area contributed by atoms with Crippen molar-refractivity contribution in [3.8, 4) is 0 Å². The van der Waals surface area contributed by atoms with Crippen molar-refractivity contribution in [2.24, 2.45) is 11.7 Å². The zero-order valence-electron chi connectivity index (χ0n) is 13.5. The summed E-state index contributed by atoms with van der Waals surface area (Å²) >= 11 is 0. The first-order valence-electron chi connectivity index (χ1n) is 8.09. The van der Waals surface area contributed by atoms with E-state index >= 15 is 0 Å². The Hall–Kier alpha value is -2.57. The molecule has 7 heteroatoms. The van der Waals surface area contributed by atoms with Crippen LogP contribution in [0.25, 0.3) is 0 Å². The smallest absolute Gasteiger partial charge is 0.312 e. The van der Waals surface area contributed by atoms with Crippen LogP contribution < -0.4 is 11.1 Å². The number of benzene rings is 1. The Kier molecular flexibility index (Phi) is 6.17. The second-order valence-corrected chi connectivity index (χ2v) is 6.11. The summed E-state index contributed by atoms with van der Waals surface area (Å²) in [4.78, 5) is 35.8. The molecule has 130 valence electrons. The van der Waals surface area contributed by atoms with Gasteiger partial charge in [-0.3, -0.25) is 9.59 Å². The van der Waals surface area contributed by atoms with Crippen molar-refractivity contribution < 1.29 is 19.5 Å². The highest BCUT2D eigenvalue weighted by molar-refractivity contribution is 5.94. The van der Waals surface area contributed by atoms with E-state index in [2.05, 4.69) is 5.32 Å². The predicted octanol–water partition coefficient (Wildman–Crippen LogP) is 1.57. The van der Waals surface area contributed by atoms with E-state index in [1.165, 1.54) is 0 Å². The fourth-order valence-corrected chi connectivity index (χ4v) is 2.95. The molecule has 24 heavy (non-hydrogen) atoms. The molecule has 1 aromatic carbocycles. The van der Waals surface area contributed by atoms with Crippen LogP contribution in [0.5, 0.6) is 0 Å². The van der Waals surface area contributed by atoms with Crippen LogP contribution in [0.3, 0.4) is 0 Å². The summed E-state index contributed by atoms with van der Waals surface area (Å²) in [6.45, 7) is 1.63. The van der Waals surface area contributed by atoms with E-state index in [0.717, 1.165) is 18.4 Å². The summed E-state index contributed by atoms with van der Waals surface area (Å²) in [5.41, 5.74) is 6.48. The number of hydrogen-bond donors (Lipinski definition) is 3. The lowest BCUT2D eigenvalue weighted by Crippen LogP contribution is -2.40. The molecule has 1 saturated heterocycles. The van der Waals surface area contributed by atoms with Gasteiger partial charge in [-0.25, -0.2) is 4.79 Å². The van der Waals surface area contributed by atoms with Gasteiger partial charge in [-0.1, -0.05) is 12.1 Å². The van der Waals surface area contributed by atoms with Crippen molar-refractivity contribution in [3.05, 3.63) is 35.4 Å². The Bertz CT molecular complexity index is 600. The number of carboxylic acids is 1. The van der Waals surface area contributed by atoms with Gasteiger partial charge in [-0.05, 0) is 42.9 Å². The van der Waals surface area contributed by atoms with Crippen LogP contribution in [-0.4, -0.2) is 41.0 Å². The molecule has 2 rings (SSSR count). The van der Waals surface area contributed by atoms with Crippen LogP contribution >= 0.6 is 0 Å². The third-order valence-corrected chi connectivity index (χ3v) is 4.24. The molecule has 4 N–H and O–H groups in total. The molecule has 1 atom stereocenters.